The highest BCUT2D eigenvalue weighted by Crippen LogP contribution is 2.32. The third-order valence-electron chi connectivity index (χ3n) is 4.02. The largest absolute Gasteiger partial charge is 0.483 e. The van der Waals surface area contributed by atoms with Crippen LogP contribution in [-0.4, -0.2) is 25.5 Å². The summed E-state index contributed by atoms with van der Waals surface area (Å²) in [4.78, 5) is 11.9. The summed E-state index contributed by atoms with van der Waals surface area (Å²) in [6, 6.07) is 9.45. The smallest absolute Gasteiger partial charge is 0.277 e. The molecule has 0 fully saturated rings. The molecule has 1 aliphatic heterocycles. The Labute approximate surface area is 146 Å². The first-order valence-corrected chi connectivity index (χ1v) is 7.96. The molecule has 1 aliphatic rings. The number of carbonyl (C=O) groups excluding carboxylic acids is 1. The topological polar surface area (TPSA) is 69.2 Å². The van der Waals surface area contributed by atoms with E-state index in [4.69, 9.17) is 14.2 Å². The maximum atomic E-state index is 11.9. The van der Waals surface area contributed by atoms with Crippen molar-refractivity contribution in [1.29, 1.82) is 0 Å². The van der Waals surface area contributed by atoms with E-state index in [9.17, 15) is 4.79 Å². The highest BCUT2D eigenvalue weighted by molar-refractivity contribution is 5.83. The number of nitrogens with zero attached hydrogens (tertiary/aromatic N) is 1. The molecule has 0 radical (unpaired) electrons. The minimum absolute atomic E-state index is 0.0936. The number of hydrogen-bond acceptors (Lipinski definition) is 5. The van der Waals surface area contributed by atoms with Gasteiger partial charge in [0.15, 0.2) is 18.1 Å². The minimum Gasteiger partial charge on any atom is -0.483 e. The number of hydrazone groups is 1. The molecule has 0 saturated heterocycles. The summed E-state index contributed by atoms with van der Waals surface area (Å²) in [6.07, 6.45) is 1.54. The zero-order valence-corrected chi connectivity index (χ0v) is 14.5. The predicted molar refractivity (Wildman–Crippen MR) is 94.4 cm³/mol. The summed E-state index contributed by atoms with van der Waals surface area (Å²) in [7, 11) is 0. The molecule has 6 nitrogen and oxygen atoms in total. The number of benzene rings is 2. The van der Waals surface area contributed by atoms with Crippen molar-refractivity contribution >= 4 is 12.1 Å². The highest BCUT2D eigenvalue weighted by Gasteiger charge is 2.12. The maximum Gasteiger partial charge on any atom is 0.277 e. The lowest BCUT2D eigenvalue weighted by Crippen LogP contribution is -2.25. The molecular weight excluding hydrogens is 320 g/mol. The Morgan fingerprint density at radius 3 is 2.76 bits per heavy atom. The Hall–Kier alpha value is -3.02. The quantitative estimate of drug-likeness (QED) is 0.671. The van der Waals surface area contributed by atoms with Gasteiger partial charge in [-0.15, -0.1) is 0 Å². The molecule has 3 rings (SSSR count). The Balaban J connectivity index is 1.54. The van der Waals surface area contributed by atoms with Crippen molar-refractivity contribution in [3.05, 3.63) is 52.6 Å². The molecule has 130 valence electrons. The fraction of sp³-hybridized carbons (Fsp3) is 0.263. The Morgan fingerprint density at radius 2 is 1.92 bits per heavy atom. The van der Waals surface area contributed by atoms with Gasteiger partial charge in [-0.3, -0.25) is 4.79 Å². The minimum atomic E-state index is -0.322. The van der Waals surface area contributed by atoms with Crippen molar-refractivity contribution in [2.75, 3.05) is 13.4 Å². The molecule has 2 aromatic carbocycles. The normalized spacial score (nSPS) is 12.4. The number of fused-ring (bicyclic) bond motifs is 1. The Kier molecular flexibility index (Phi) is 4.88. The van der Waals surface area contributed by atoms with Crippen LogP contribution in [0.3, 0.4) is 0 Å². The number of carbonyl (C=O) groups is 1. The number of nitrogens with one attached hydrogen (secondary N) is 1. The van der Waals surface area contributed by atoms with E-state index in [0.29, 0.717) is 11.5 Å². The summed E-state index contributed by atoms with van der Waals surface area (Å²) in [6.45, 7) is 6.08. The average molecular weight is 340 g/mol. The third-order valence-corrected chi connectivity index (χ3v) is 4.02. The van der Waals surface area contributed by atoms with Crippen molar-refractivity contribution in [2.45, 2.75) is 20.8 Å². The van der Waals surface area contributed by atoms with Crippen LogP contribution in [0, 0.1) is 20.8 Å². The van der Waals surface area contributed by atoms with Gasteiger partial charge in [0.2, 0.25) is 6.79 Å². The number of amides is 1. The van der Waals surface area contributed by atoms with Crippen LogP contribution in [0.1, 0.15) is 22.3 Å². The predicted octanol–water partition coefficient (Wildman–Crippen LogP) is 2.87. The van der Waals surface area contributed by atoms with Crippen LogP contribution in [0.2, 0.25) is 0 Å². The van der Waals surface area contributed by atoms with Gasteiger partial charge in [0.1, 0.15) is 5.75 Å². The summed E-state index contributed by atoms with van der Waals surface area (Å²) >= 11 is 0. The first-order chi connectivity index (χ1) is 12.0. The van der Waals surface area contributed by atoms with Gasteiger partial charge in [-0.25, -0.2) is 5.43 Å². The van der Waals surface area contributed by atoms with Crippen molar-refractivity contribution in [3.8, 4) is 17.2 Å². The molecule has 25 heavy (non-hydrogen) atoms. The lowest BCUT2D eigenvalue weighted by Gasteiger charge is -2.13. The SMILES string of the molecule is Cc1ccc(C)c(OCC(=O)N/N=C/c2ccc3c(c2)OCO3)c1C. The van der Waals surface area contributed by atoms with Gasteiger partial charge in [0.05, 0.1) is 6.21 Å². The number of aryl methyl sites for hydroxylation is 2. The second kappa shape index (κ2) is 7.25. The highest BCUT2D eigenvalue weighted by atomic mass is 16.7. The number of hydrogen-bond donors (Lipinski definition) is 1. The van der Waals surface area contributed by atoms with Crippen molar-refractivity contribution < 1.29 is 19.0 Å². The summed E-state index contributed by atoms with van der Waals surface area (Å²) in [5.41, 5.74) is 6.42. The Bertz CT molecular complexity index is 830. The molecule has 0 saturated carbocycles. The second-order valence-electron chi connectivity index (χ2n) is 5.85. The van der Waals surface area contributed by atoms with Gasteiger partial charge in [-0.2, -0.15) is 5.10 Å². The number of rotatable bonds is 5. The van der Waals surface area contributed by atoms with Gasteiger partial charge in [-0.05, 0) is 61.2 Å². The van der Waals surface area contributed by atoms with E-state index in [2.05, 4.69) is 10.5 Å². The van der Waals surface area contributed by atoms with Gasteiger partial charge in [-0.1, -0.05) is 12.1 Å². The molecule has 0 unspecified atom stereocenters. The van der Waals surface area contributed by atoms with Crippen LogP contribution in [-0.2, 0) is 4.79 Å². The van der Waals surface area contributed by atoms with Crippen LogP contribution in [0.15, 0.2) is 35.4 Å². The molecular formula is C19H20N2O4. The molecule has 1 amide bonds. The van der Waals surface area contributed by atoms with E-state index in [0.717, 1.165) is 28.0 Å². The maximum absolute atomic E-state index is 11.9. The monoisotopic (exact) mass is 340 g/mol. The standard InChI is InChI=1S/C19H20N2O4/c1-12-4-5-13(2)19(14(12)3)23-10-18(22)21-20-9-15-6-7-16-17(8-15)25-11-24-16/h4-9H,10-11H2,1-3H3,(H,21,22)/b20-9+. The fourth-order valence-electron chi connectivity index (χ4n) is 2.49. The summed E-state index contributed by atoms with van der Waals surface area (Å²) in [5, 5.41) is 3.94. The molecule has 1 N–H and O–H groups in total. The fourth-order valence-corrected chi connectivity index (χ4v) is 2.49. The van der Waals surface area contributed by atoms with E-state index < -0.39 is 0 Å². The van der Waals surface area contributed by atoms with Crippen molar-refractivity contribution in [3.63, 3.8) is 0 Å². The van der Waals surface area contributed by atoms with Gasteiger partial charge < -0.3 is 14.2 Å². The van der Waals surface area contributed by atoms with E-state index >= 15 is 0 Å². The zero-order valence-electron chi connectivity index (χ0n) is 14.5. The molecule has 2 aromatic rings. The molecule has 6 heteroatoms. The van der Waals surface area contributed by atoms with Crippen molar-refractivity contribution in [2.24, 2.45) is 5.10 Å². The molecule has 1 heterocycles. The van der Waals surface area contributed by atoms with Crippen LogP contribution in [0.25, 0.3) is 0 Å². The molecule has 0 bridgehead atoms. The average Bonchev–Trinajstić information content (AvgIpc) is 3.06. The lowest BCUT2D eigenvalue weighted by molar-refractivity contribution is -0.123. The van der Waals surface area contributed by atoms with Crippen LogP contribution in [0.5, 0.6) is 17.2 Å². The van der Waals surface area contributed by atoms with E-state index in [1.807, 2.05) is 39.0 Å². The van der Waals surface area contributed by atoms with E-state index in [-0.39, 0.29) is 19.3 Å². The molecule has 0 atom stereocenters. The second-order valence-corrected chi connectivity index (χ2v) is 5.85. The van der Waals surface area contributed by atoms with Gasteiger partial charge in [0.25, 0.3) is 5.91 Å². The van der Waals surface area contributed by atoms with Crippen LogP contribution >= 0.6 is 0 Å². The number of ether oxygens (including phenoxy) is 3. The van der Waals surface area contributed by atoms with Crippen LogP contribution in [0.4, 0.5) is 0 Å². The Morgan fingerprint density at radius 1 is 1.16 bits per heavy atom. The lowest BCUT2D eigenvalue weighted by atomic mass is 10.1. The van der Waals surface area contributed by atoms with E-state index in [1.54, 1.807) is 18.3 Å². The van der Waals surface area contributed by atoms with Gasteiger partial charge in [0, 0.05) is 0 Å². The molecule has 0 aliphatic carbocycles. The zero-order chi connectivity index (χ0) is 17.8. The van der Waals surface area contributed by atoms with Crippen LogP contribution < -0.4 is 19.6 Å². The van der Waals surface area contributed by atoms with Crippen molar-refractivity contribution in [1.82, 2.24) is 5.43 Å². The van der Waals surface area contributed by atoms with Gasteiger partial charge >= 0.3 is 0 Å². The van der Waals surface area contributed by atoms with E-state index in [1.165, 1.54) is 0 Å². The molecule has 0 aromatic heterocycles. The summed E-state index contributed by atoms with van der Waals surface area (Å²) < 4.78 is 16.2. The summed E-state index contributed by atoms with van der Waals surface area (Å²) in [5.74, 6) is 1.80. The first kappa shape index (κ1) is 16.8. The third kappa shape index (κ3) is 3.91. The first-order valence-electron chi connectivity index (χ1n) is 7.96. The molecule has 0 spiro atoms.